The third kappa shape index (κ3) is 1.69. The van der Waals surface area contributed by atoms with E-state index < -0.39 is 0 Å². The molecule has 60 valence electrons. The Balaban J connectivity index is 2.81. The molecule has 0 bridgehead atoms. The van der Waals surface area contributed by atoms with E-state index in [1.165, 1.54) is 0 Å². The van der Waals surface area contributed by atoms with Crippen LogP contribution in [-0.4, -0.2) is 0 Å². The predicted octanol–water partition coefficient (Wildman–Crippen LogP) is 1.28. The number of nitrogens with two attached hydrogens (primary N) is 1. The molecule has 0 radical (unpaired) electrons. The first-order valence-electron chi connectivity index (χ1n) is 3.43. The van der Waals surface area contributed by atoms with Crippen molar-refractivity contribution in [2.75, 3.05) is 0 Å². The minimum absolute atomic E-state index is 0.0938. The second kappa shape index (κ2) is 3.37. The lowest BCUT2D eigenvalue weighted by atomic mass is 10.2. The van der Waals surface area contributed by atoms with Crippen molar-refractivity contribution in [2.45, 2.75) is 13.0 Å². The zero-order valence-electron chi connectivity index (χ0n) is 6.50. The molecule has 0 aromatic carbocycles. The minimum atomic E-state index is -0.0938. The van der Waals surface area contributed by atoms with Crippen molar-refractivity contribution in [3.63, 3.8) is 0 Å². The number of hydrogen-bond donors (Lipinski definition) is 2. The van der Waals surface area contributed by atoms with Crippen LogP contribution in [0.1, 0.15) is 17.6 Å². The predicted molar refractivity (Wildman–Crippen MR) is 43.7 cm³/mol. The Morgan fingerprint density at radius 2 is 2.45 bits per heavy atom. The summed E-state index contributed by atoms with van der Waals surface area (Å²) in [4.78, 5) is 0. The molecule has 3 nitrogen and oxygen atoms in total. The number of aryl methyl sites for hydroxylation is 1. The van der Waals surface area contributed by atoms with Crippen molar-refractivity contribution in [3.8, 4) is 0 Å². The monoisotopic (exact) mass is 152 g/mol. The Morgan fingerprint density at radius 1 is 1.73 bits per heavy atom. The smallest absolute Gasteiger partial charge is 0.126 e. The van der Waals surface area contributed by atoms with Crippen molar-refractivity contribution in [2.24, 2.45) is 5.84 Å². The SMILES string of the molecule is C=CC(NN)c1ccc(C)o1. The molecule has 1 aromatic heterocycles. The van der Waals surface area contributed by atoms with E-state index in [1.54, 1.807) is 6.08 Å². The molecular formula is C8H12N2O. The van der Waals surface area contributed by atoms with Crippen LogP contribution in [0.2, 0.25) is 0 Å². The molecule has 1 aromatic rings. The van der Waals surface area contributed by atoms with Crippen molar-refractivity contribution in [1.29, 1.82) is 0 Å². The fraction of sp³-hybridized carbons (Fsp3) is 0.250. The molecule has 11 heavy (non-hydrogen) atoms. The Labute approximate surface area is 65.9 Å². The summed E-state index contributed by atoms with van der Waals surface area (Å²) in [6.45, 7) is 5.50. The number of hydrogen-bond acceptors (Lipinski definition) is 3. The van der Waals surface area contributed by atoms with Gasteiger partial charge in [0, 0.05) is 0 Å². The van der Waals surface area contributed by atoms with Gasteiger partial charge in [-0.25, -0.2) is 5.43 Å². The number of furan rings is 1. The quantitative estimate of drug-likeness (QED) is 0.389. The lowest BCUT2D eigenvalue weighted by molar-refractivity contribution is 0.440. The van der Waals surface area contributed by atoms with Crippen LogP contribution < -0.4 is 11.3 Å². The highest BCUT2D eigenvalue weighted by molar-refractivity contribution is 5.13. The zero-order valence-corrected chi connectivity index (χ0v) is 6.50. The third-order valence-electron chi connectivity index (χ3n) is 1.48. The Bertz CT molecular complexity index is 242. The van der Waals surface area contributed by atoms with E-state index in [2.05, 4.69) is 12.0 Å². The molecule has 1 heterocycles. The fourth-order valence-corrected chi connectivity index (χ4v) is 0.887. The molecule has 0 aliphatic carbocycles. The highest BCUT2D eigenvalue weighted by Crippen LogP contribution is 2.15. The molecule has 0 spiro atoms. The van der Waals surface area contributed by atoms with Crippen molar-refractivity contribution in [3.05, 3.63) is 36.3 Å². The summed E-state index contributed by atoms with van der Waals surface area (Å²) in [5, 5.41) is 0. The van der Waals surface area contributed by atoms with Gasteiger partial charge in [0.15, 0.2) is 0 Å². The van der Waals surface area contributed by atoms with Crippen molar-refractivity contribution in [1.82, 2.24) is 5.43 Å². The van der Waals surface area contributed by atoms with Crippen LogP contribution in [-0.2, 0) is 0 Å². The molecule has 1 atom stereocenters. The average Bonchev–Trinajstić information content (AvgIpc) is 2.39. The molecule has 0 fully saturated rings. The molecule has 1 unspecified atom stereocenters. The number of rotatable bonds is 3. The summed E-state index contributed by atoms with van der Waals surface area (Å²) < 4.78 is 5.31. The average molecular weight is 152 g/mol. The summed E-state index contributed by atoms with van der Waals surface area (Å²) in [5.74, 6) is 6.91. The van der Waals surface area contributed by atoms with E-state index in [0.717, 1.165) is 11.5 Å². The molecule has 0 saturated carbocycles. The van der Waals surface area contributed by atoms with Crippen LogP contribution in [0.4, 0.5) is 0 Å². The standard InChI is InChI=1S/C8H12N2O/c1-3-7(10-9)8-5-4-6(2)11-8/h3-5,7,10H,1,9H2,2H3. The van der Waals surface area contributed by atoms with E-state index in [9.17, 15) is 0 Å². The number of hydrazine groups is 1. The third-order valence-corrected chi connectivity index (χ3v) is 1.48. The Kier molecular flexibility index (Phi) is 2.46. The summed E-state index contributed by atoms with van der Waals surface area (Å²) in [6.07, 6.45) is 1.69. The minimum Gasteiger partial charge on any atom is -0.464 e. The first-order chi connectivity index (χ1) is 5.27. The van der Waals surface area contributed by atoms with Gasteiger partial charge in [-0.2, -0.15) is 0 Å². The van der Waals surface area contributed by atoms with Gasteiger partial charge >= 0.3 is 0 Å². The van der Waals surface area contributed by atoms with Gasteiger partial charge in [0.05, 0.1) is 6.04 Å². The topological polar surface area (TPSA) is 51.2 Å². The van der Waals surface area contributed by atoms with Gasteiger partial charge in [-0.05, 0) is 19.1 Å². The van der Waals surface area contributed by atoms with Gasteiger partial charge in [0.25, 0.3) is 0 Å². The van der Waals surface area contributed by atoms with Gasteiger partial charge in [0.1, 0.15) is 11.5 Å². The van der Waals surface area contributed by atoms with Crippen LogP contribution in [0.15, 0.2) is 29.2 Å². The molecule has 0 amide bonds. The van der Waals surface area contributed by atoms with Gasteiger partial charge < -0.3 is 4.42 Å². The Hall–Kier alpha value is -1.06. The van der Waals surface area contributed by atoms with E-state index in [1.807, 2.05) is 19.1 Å². The van der Waals surface area contributed by atoms with E-state index in [-0.39, 0.29) is 6.04 Å². The van der Waals surface area contributed by atoms with Crippen molar-refractivity contribution < 1.29 is 4.42 Å². The number of nitrogens with one attached hydrogen (secondary N) is 1. The summed E-state index contributed by atoms with van der Waals surface area (Å²) in [7, 11) is 0. The zero-order chi connectivity index (χ0) is 8.27. The Morgan fingerprint density at radius 3 is 2.82 bits per heavy atom. The largest absolute Gasteiger partial charge is 0.464 e. The first-order valence-corrected chi connectivity index (χ1v) is 3.43. The molecule has 0 aliphatic heterocycles. The normalized spacial score (nSPS) is 12.9. The first kappa shape index (κ1) is 8.04. The summed E-state index contributed by atoms with van der Waals surface area (Å²) >= 11 is 0. The summed E-state index contributed by atoms with van der Waals surface area (Å²) in [6, 6.07) is 3.67. The van der Waals surface area contributed by atoms with E-state index >= 15 is 0 Å². The van der Waals surface area contributed by atoms with Crippen LogP contribution in [0.25, 0.3) is 0 Å². The highest BCUT2D eigenvalue weighted by atomic mass is 16.3. The van der Waals surface area contributed by atoms with Gasteiger partial charge in [-0.15, -0.1) is 6.58 Å². The van der Waals surface area contributed by atoms with Crippen LogP contribution >= 0.6 is 0 Å². The highest BCUT2D eigenvalue weighted by Gasteiger charge is 2.07. The van der Waals surface area contributed by atoms with E-state index in [4.69, 9.17) is 10.3 Å². The molecule has 0 saturated heterocycles. The van der Waals surface area contributed by atoms with Gasteiger partial charge in [-0.3, -0.25) is 5.84 Å². The van der Waals surface area contributed by atoms with Gasteiger partial charge in [-0.1, -0.05) is 6.08 Å². The maximum atomic E-state index is 5.31. The second-order valence-corrected chi connectivity index (χ2v) is 2.33. The lowest BCUT2D eigenvalue weighted by Gasteiger charge is -2.05. The lowest BCUT2D eigenvalue weighted by Crippen LogP contribution is -2.25. The fourth-order valence-electron chi connectivity index (χ4n) is 0.887. The summed E-state index contributed by atoms with van der Waals surface area (Å²) in [5.41, 5.74) is 2.57. The van der Waals surface area contributed by atoms with Gasteiger partial charge in [0.2, 0.25) is 0 Å². The maximum Gasteiger partial charge on any atom is 0.126 e. The molecule has 1 rings (SSSR count). The molecular weight excluding hydrogens is 140 g/mol. The van der Waals surface area contributed by atoms with Crippen LogP contribution in [0.5, 0.6) is 0 Å². The van der Waals surface area contributed by atoms with Crippen molar-refractivity contribution >= 4 is 0 Å². The molecule has 3 N–H and O–H groups in total. The van der Waals surface area contributed by atoms with Crippen LogP contribution in [0.3, 0.4) is 0 Å². The maximum absolute atomic E-state index is 5.31. The second-order valence-electron chi connectivity index (χ2n) is 2.33. The van der Waals surface area contributed by atoms with Crippen LogP contribution in [0, 0.1) is 6.92 Å². The molecule has 3 heteroatoms. The molecule has 0 aliphatic rings. The van der Waals surface area contributed by atoms with E-state index in [0.29, 0.717) is 0 Å².